The first-order valence-electron chi connectivity index (χ1n) is 8.93. The fourth-order valence-electron chi connectivity index (χ4n) is 3.02. The van der Waals surface area contributed by atoms with E-state index < -0.39 is 12.2 Å². The highest BCUT2D eigenvalue weighted by molar-refractivity contribution is 5.80. The third-order valence-corrected chi connectivity index (χ3v) is 4.33. The van der Waals surface area contributed by atoms with E-state index in [1.807, 2.05) is 5.48 Å². The first-order chi connectivity index (χ1) is 12.0. The van der Waals surface area contributed by atoms with Gasteiger partial charge in [-0.3, -0.25) is 0 Å². The highest BCUT2D eigenvalue weighted by Crippen LogP contribution is 2.32. The summed E-state index contributed by atoms with van der Waals surface area (Å²) in [5.74, 6) is 0.354. The smallest absolute Gasteiger partial charge is 0.440 e. The average molecular weight is 348 g/mol. The summed E-state index contributed by atoms with van der Waals surface area (Å²) in [6, 6.07) is 8.69. The molecule has 3 rings (SSSR count). The van der Waals surface area contributed by atoms with Crippen LogP contribution in [0.25, 0.3) is 11.1 Å². The molecule has 1 saturated carbocycles. The Labute approximate surface area is 149 Å². The molecule has 3 aliphatic rings. The number of amides is 2. The topological polar surface area (TPSA) is 67.9 Å². The van der Waals surface area contributed by atoms with Crippen LogP contribution in [0.5, 0.6) is 0 Å². The maximum Gasteiger partial charge on any atom is 0.440 e. The summed E-state index contributed by atoms with van der Waals surface area (Å²) in [5.41, 5.74) is 4.82. The molecule has 0 aromatic heterocycles. The summed E-state index contributed by atoms with van der Waals surface area (Å²) < 4.78 is 4.36. The molecule has 0 atom stereocenters. The zero-order chi connectivity index (χ0) is 18.2. The van der Waals surface area contributed by atoms with Crippen molar-refractivity contribution in [1.82, 2.24) is 10.4 Å². The predicted octanol–water partition coefficient (Wildman–Crippen LogP) is 4.35. The number of rotatable bonds is 3. The van der Waals surface area contributed by atoms with Crippen LogP contribution < -0.4 is 5.48 Å². The van der Waals surface area contributed by atoms with Crippen LogP contribution in [0.3, 0.4) is 0 Å². The van der Waals surface area contributed by atoms with Gasteiger partial charge in [-0.25, -0.2) is 9.59 Å². The van der Waals surface area contributed by atoms with Crippen LogP contribution >= 0.6 is 0 Å². The van der Waals surface area contributed by atoms with Gasteiger partial charge in [-0.05, 0) is 36.0 Å². The highest BCUT2D eigenvalue weighted by Gasteiger charge is 2.27. The van der Waals surface area contributed by atoms with Gasteiger partial charge in [-0.2, -0.15) is 0 Å². The molecule has 138 valence electrons. The Morgan fingerprint density at radius 3 is 2.28 bits per heavy atom. The number of nitrogens with zero attached hydrogens (tertiary/aromatic N) is 1. The standard InChI is InChI=1S/C13H24N2O4.C6H4/c1-10(2)9-15(11-7-5-4-6-8-11)13(17)19-14-12(16)18-3;1-2-5-4-6(5)3-1/h10-11H,4-9H2,1-3H3,(H,14,16);1-4H. The monoisotopic (exact) mass is 348 g/mol. The van der Waals surface area contributed by atoms with E-state index in [9.17, 15) is 9.59 Å². The van der Waals surface area contributed by atoms with Gasteiger partial charge in [0.05, 0.1) is 7.11 Å². The summed E-state index contributed by atoms with van der Waals surface area (Å²) in [7, 11) is 1.22. The van der Waals surface area contributed by atoms with E-state index in [1.165, 1.54) is 24.7 Å². The number of hydrogen-bond donors (Lipinski definition) is 1. The van der Waals surface area contributed by atoms with Gasteiger partial charge in [0.1, 0.15) is 0 Å². The Bertz CT molecular complexity index is 565. The van der Waals surface area contributed by atoms with E-state index in [2.05, 4.69) is 42.8 Å². The van der Waals surface area contributed by atoms with Crippen molar-refractivity contribution in [2.45, 2.75) is 52.0 Å². The second-order valence-electron chi connectivity index (χ2n) is 6.88. The lowest BCUT2D eigenvalue weighted by Gasteiger charge is -2.34. The number of ether oxygens (including phenoxy) is 1. The number of hydrogen-bond acceptors (Lipinski definition) is 4. The quantitative estimate of drug-likeness (QED) is 0.837. The van der Waals surface area contributed by atoms with Gasteiger partial charge >= 0.3 is 12.2 Å². The Hall–Kier alpha value is -2.24. The molecule has 2 amide bonds. The number of carbonyl (C=O) groups excluding carboxylic acids is 2. The molecular formula is C19H28N2O4. The molecule has 0 aromatic rings. The second kappa shape index (κ2) is 9.30. The molecular weight excluding hydrogens is 320 g/mol. The molecule has 0 aliphatic heterocycles. The molecule has 0 radical (unpaired) electrons. The molecule has 6 nitrogen and oxygen atoms in total. The summed E-state index contributed by atoms with van der Waals surface area (Å²) in [5, 5.41) is 0. The van der Waals surface area contributed by atoms with Crippen LogP contribution in [0, 0.1) is 5.92 Å². The molecule has 1 N–H and O–H groups in total. The SMILES string of the molecule is COC(=O)NOC(=O)N(CC(C)C)C1CCCCC1.c1cc2cc-2c1. The van der Waals surface area contributed by atoms with Gasteiger partial charge < -0.3 is 14.5 Å². The van der Waals surface area contributed by atoms with Gasteiger partial charge in [0.15, 0.2) is 0 Å². The third-order valence-electron chi connectivity index (χ3n) is 4.33. The van der Waals surface area contributed by atoms with Crippen molar-refractivity contribution in [2.75, 3.05) is 13.7 Å². The number of carbonyl (C=O) groups is 2. The van der Waals surface area contributed by atoms with Crippen molar-refractivity contribution in [3.05, 3.63) is 24.3 Å². The van der Waals surface area contributed by atoms with E-state index in [4.69, 9.17) is 4.84 Å². The fourth-order valence-corrected chi connectivity index (χ4v) is 3.02. The second-order valence-corrected chi connectivity index (χ2v) is 6.88. The maximum absolute atomic E-state index is 12.0. The summed E-state index contributed by atoms with van der Waals surface area (Å²) in [6.07, 6.45) is 4.21. The van der Waals surface area contributed by atoms with Gasteiger partial charge in [0, 0.05) is 12.6 Å². The zero-order valence-corrected chi connectivity index (χ0v) is 15.3. The van der Waals surface area contributed by atoms with Gasteiger partial charge in [0.25, 0.3) is 0 Å². The lowest BCUT2D eigenvalue weighted by Crippen LogP contribution is -2.46. The van der Waals surface area contributed by atoms with Crippen LogP contribution in [-0.4, -0.2) is 36.8 Å². The Balaban J connectivity index is 0.000000306. The van der Waals surface area contributed by atoms with E-state index in [-0.39, 0.29) is 6.04 Å². The summed E-state index contributed by atoms with van der Waals surface area (Å²) in [4.78, 5) is 29.4. The minimum absolute atomic E-state index is 0.211. The van der Waals surface area contributed by atoms with Crippen molar-refractivity contribution in [2.24, 2.45) is 5.92 Å². The first-order valence-corrected chi connectivity index (χ1v) is 8.93. The summed E-state index contributed by atoms with van der Waals surface area (Å²) >= 11 is 0. The van der Waals surface area contributed by atoms with Crippen molar-refractivity contribution >= 4 is 12.2 Å². The first kappa shape index (κ1) is 19.1. The van der Waals surface area contributed by atoms with E-state index >= 15 is 0 Å². The fraction of sp³-hybridized carbons (Fsp3) is 0.579. The van der Waals surface area contributed by atoms with E-state index in [0.717, 1.165) is 25.7 Å². The predicted molar refractivity (Wildman–Crippen MR) is 95.9 cm³/mol. The molecule has 0 saturated heterocycles. The number of nitrogens with one attached hydrogen (secondary N) is 1. The largest absolute Gasteiger partial charge is 0.451 e. The number of methoxy groups -OCH3 is 1. The molecule has 1 fully saturated rings. The lowest BCUT2D eigenvalue weighted by atomic mass is 9.94. The number of hydroxylamine groups is 1. The van der Waals surface area contributed by atoms with Crippen LogP contribution in [-0.2, 0) is 9.57 Å². The van der Waals surface area contributed by atoms with E-state index in [0.29, 0.717) is 12.5 Å². The van der Waals surface area contributed by atoms with Crippen molar-refractivity contribution in [3.63, 3.8) is 0 Å². The third kappa shape index (κ3) is 6.29. The Morgan fingerprint density at radius 1 is 1.20 bits per heavy atom. The zero-order valence-electron chi connectivity index (χ0n) is 15.3. The van der Waals surface area contributed by atoms with Crippen LogP contribution in [0.2, 0.25) is 0 Å². The normalized spacial score (nSPS) is 14.9. The van der Waals surface area contributed by atoms with E-state index in [1.54, 1.807) is 4.90 Å². The Kier molecular flexibility index (Phi) is 7.10. The summed E-state index contributed by atoms with van der Waals surface area (Å²) in [6.45, 7) is 4.74. The molecule has 25 heavy (non-hydrogen) atoms. The lowest BCUT2D eigenvalue weighted by molar-refractivity contribution is 0.0311. The van der Waals surface area contributed by atoms with Crippen LogP contribution in [0.15, 0.2) is 24.3 Å². The molecule has 3 aliphatic carbocycles. The van der Waals surface area contributed by atoms with Crippen molar-refractivity contribution < 1.29 is 19.2 Å². The van der Waals surface area contributed by atoms with Crippen LogP contribution in [0.4, 0.5) is 9.59 Å². The highest BCUT2D eigenvalue weighted by atomic mass is 16.7. The Morgan fingerprint density at radius 2 is 1.84 bits per heavy atom. The molecule has 0 spiro atoms. The van der Waals surface area contributed by atoms with Gasteiger partial charge in [-0.1, -0.05) is 51.3 Å². The minimum Gasteiger partial charge on any atom is -0.451 e. The molecule has 0 unspecified atom stereocenters. The molecule has 0 bridgehead atoms. The van der Waals surface area contributed by atoms with Crippen molar-refractivity contribution in [3.8, 4) is 11.1 Å². The minimum atomic E-state index is -0.776. The maximum atomic E-state index is 12.0. The van der Waals surface area contributed by atoms with Crippen LogP contribution in [0.1, 0.15) is 46.0 Å². The average Bonchev–Trinajstić information content (AvgIpc) is 3.23. The van der Waals surface area contributed by atoms with Gasteiger partial charge in [0.2, 0.25) is 0 Å². The van der Waals surface area contributed by atoms with Gasteiger partial charge in [-0.15, -0.1) is 5.48 Å². The number of benzene rings is 1. The molecule has 6 heteroatoms. The molecule has 0 aromatic carbocycles. The molecule has 0 heterocycles. The number of fused-ring (bicyclic) bond motifs is 1. The van der Waals surface area contributed by atoms with Crippen molar-refractivity contribution in [1.29, 1.82) is 0 Å².